The van der Waals surface area contributed by atoms with Crippen molar-refractivity contribution < 1.29 is 19.7 Å². The van der Waals surface area contributed by atoms with Crippen LogP contribution < -0.4 is 16.4 Å². The first-order chi connectivity index (χ1) is 17.4. The highest BCUT2D eigenvalue weighted by molar-refractivity contribution is 6.65. The molecular weight excluding hydrogens is 483 g/mol. The molecule has 2 aromatic carbocycles. The maximum atomic E-state index is 9.39. The Morgan fingerprint density at radius 1 is 0.744 bits per heavy atom. The van der Waals surface area contributed by atoms with Crippen molar-refractivity contribution in [2.45, 2.75) is 94.4 Å². The largest absolute Gasteiger partial charge is 0.491 e. The van der Waals surface area contributed by atoms with Gasteiger partial charge >= 0.3 is 20.9 Å². The van der Waals surface area contributed by atoms with Gasteiger partial charge in [0.1, 0.15) is 0 Å². The highest BCUT2D eigenvalue weighted by atomic mass is 16.5. The molecule has 2 heterocycles. The van der Waals surface area contributed by atoms with Crippen molar-refractivity contribution in [3.8, 4) is 0 Å². The fraction of sp³-hybridized carbons (Fsp3) is 0.452. The minimum Gasteiger partial charge on any atom is -0.447 e. The third-order valence-electron chi connectivity index (χ3n) is 6.47. The Bertz CT molecular complexity index is 976. The molecule has 4 rings (SSSR count). The molecule has 39 heavy (non-hydrogen) atoms. The van der Waals surface area contributed by atoms with Gasteiger partial charge in [0.25, 0.3) is 0 Å². The van der Waals surface area contributed by atoms with Crippen molar-refractivity contribution in [2.75, 3.05) is 0 Å². The van der Waals surface area contributed by atoms with Crippen molar-refractivity contribution in [3.05, 3.63) is 83.2 Å². The highest BCUT2D eigenvalue weighted by Gasteiger charge is 2.27. The van der Waals surface area contributed by atoms with Crippen LogP contribution in [-0.2, 0) is 11.3 Å². The number of nitrogens with zero attached hydrogens (tertiary/aromatic N) is 1. The second-order valence-electron chi connectivity index (χ2n) is 10.6. The number of hydrogen-bond acceptors (Lipinski definition) is 5. The monoisotopic (exact) mass is 533 g/mol. The van der Waals surface area contributed by atoms with E-state index in [4.69, 9.17) is 4.65 Å². The molecule has 0 saturated heterocycles. The van der Waals surface area contributed by atoms with Crippen molar-refractivity contribution >= 4 is 37.3 Å². The molecule has 0 fully saturated rings. The molecule has 0 saturated carbocycles. The number of pyridine rings is 1. The van der Waals surface area contributed by atoms with Gasteiger partial charge in [-0.25, -0.2) is 0 Å². The Morgan fingerprint density at radius 2 is 1.26 bits per heavy atom. The molecule has 3 N–H and O–H groups in total. The molecule has 1 aliphatic rings. The van der Waals surface area contributed by atoms with E-state index in [9.17, 15) is 15.1 Å². The Morgan fingerprint density at radius 3 is 1.69 bits per heavy atom. The number of aromatic nitrogens is 1. The summed E-state index contributed by atoms with van der Waals surface area (Å²) < 4.78 is 5.11. The maximum Gasteiger partial charge on any atom is 0.491 e. The van der Waals surface area contributed by atoms with Crippen LogP contribution in [0.15, 0.2) is 60.8 Å². The van der Waals surface area contributed by atoms with Crippen molar-refractivity contribution in [1.29, 1.82) is 0 Å². The van der Waals surface area contributed by atoms with E-state index in [0.717, 1.165) is 27.6 Å². The first-order valence-electron chi connectivity index (χ1n) is 13.2. The van der Waals surface area contributed by atoms with Gasteiger partial charge in [-0.3, -0.25) is 4.98 Å². The van der Waals surface area contributed by atoms with Crippen LogP contribution in [0.2, 0.25) is 13.6 Å². The summed E-state index contributed by atoms with van der Waals surface area (Å²) >= 11 is 0. The topological polar surface area (TPSA) is 82.8 Å². The summed E-state index contributed by atoms with van der Waals surface area (Å²) in [5, 5.41) is 27.9. The van der Waals surface area contributed by atoms with Gasteiger partial charge in [0, 0.05) is 11.9 Å². The van der Waals surface area contributed by atoms with Gasteiger partial charge in [-0.15, -0.1) is 0 Å². The standard InChI is InChI=1S/C10H13BO2.C10H15BO.C9H14BNO.2CH4/c1-7(2)8-3-4-10-9(5-8)6-13-11(10)12;1-8(2)9-4-6-10(7-5-9)11(3)12;1-7(2)9-5-4-8(6-11-9)10(3)12;;/h3-5,7,12H,6H2,1-2H3;4-8,12H,1-3H3;4-7,12H,1-3H3;2*1H4. The molecule has 212 valence electrons. The first-order valence-corrected chi connectivity index (χ1v) is 13.2. The smallest absolute Gasteiger partial charge is 0.447 e. The van der Waals surface area contributed by atoms with Crippen LogP contribution in [0.25, 0.3) is 0 Å². The van der Waals surface area contributed by atoms with Crippen LogP contribution in [0, 0.1) is 0 Å². The molecule has 3 aromatic rings. The van der Waals surface area contributed by atoms with Crippen LogP contribution >= 0.6 is 0 Å². The molecule has 0 bridgehead atoms. The summed E-state index contributed by atoms with van der Waals surface area (Å²) in [5.74, 6) is 1.55. The molecule has 0 radical (unpaired) electrons. The lowest BCUT2D eigenvalue weighted by atomic mass is 9.64. The Hall–Kier alpha value is -2.38. The van der Waals surface area contributed by atoms with E-state index >= 15 is 0 Å². The minimum atomic E-state index is -0.712. The van der Waals surface area contributed by atoms with Gasteiger partial charge in [-0.1, -0.05) is 119 Å². The fourth-order valence-corrected chi connectivity index (χ4v) is 3.77. The molecule has 1 aromatic heterocycles. The Labute approximate surface area is 239 Å². The second-order valence-corrected chi connectivity index (χ2v) is 10.6. The Balaban J connectivity index is 0.000000542. The zero-order chi connectivity index (χ0) is 27.7. The Kier molecular flexibility index (Phi) is 16.3. The molecule has 1 aliphatic heterocycles. The number of fused-ring (bicyclic) bond motifs is 1. The predicted molar refractivity (Wildman–Crippen MR) is 172 cm³/mol. The lowest BCUT2D eigenvalue weighted by molar-refractivity contribution is 0.275. The van der Waals surface area contributed by atoms with Gasteiger partial charge in [0.2, 0.25) is 0 Å². The lowest BCUT2D eigenvalue weighted by Crippen LogP contribution is -2.27. The molecule has 0 aliphatic carbocycles. The number of rotatable bonds is 5. The molecule has 0 unspecified atom stereocenters. The van der Waals surface area contributed by atoms with E-state index in [1.807, 2.05) is 30.3 Å². The summed E-state index contributed by atoms with van der Waals surface area (Å²) in [4.78, 5) is 4.24. The predicted octanol–water partition coefficient (Wildman–Crippen LogP) is 4.96. The normalized spacial score (nSPS) is 11.5. The molecule has 0 amide bonds. The summed E-state index contributed by atoms with van der Waals surface area (Å²) in [6, 6.07) is 18.2. The minimum absolute atomic E-state index is 0. The third kappa shape index (κ3) is 11.3. The second kappa shape index (κ2) is 17.3. The first kappa shape index (κ1) is 36.6. The van der Waals surface area contributed by atoms with E-state index in [2.05, 4.69) is 70.8 Å². The zero-order valence-corrected chi connectivity index (χ0v) is 23.6. The highest BCUT2D eigenvalue weighted by Crippen LogP contribution is 2.18. The zero-order valence-electron chi connectivity index (χ0n) is 23.6. The average Bonchev–Trinajstić information content (AvgIpc) is 3.24. The number of benzene rings is 2. The molecule has 8 heteroatoms. The maximum absolute atomic E-state index is 9.39. The third-order valence-corrected chi connectivity index (χ3v) is 6.47. The van der Waals surface area contributed by atoms with Gasteiger partial charge in [-0.05, 0) is 56.9 Å². The quantitative estimate of drug-likeness (QED) is 0.405. The summed E-state index contributed by atoms with van der Waals surface area (Å²) in [5.41, 5.74) is 7.59. The molecule has 0 spiro atoms. The summed E-state index contributed by atoms with van der Waals surface area (Å²) in [7, 11) is -0.712. The SMILES string of the molecule is C.C.CB(O)c1ccc(C(C)C)cc1.CB(O)c1ccc(C(C)C)nc1.CC(C)c1ccc2c(c1)COB2O. The van der Waals surface area contributed by atoms with E-state index in [1.54, 1.807) is 19.8 Å². The van der Waals surface area contributed by atoms with Crippen LogP contribution in [-0.4, -0.2) is 41.0 Å². The average molecular weight is 533 g/mol. The van der Waals surface area contributed by atoms with Crippen LogP contribution in [0.3, 0.4) is 0 Å². The number of hydrogen-bond donors (Lipinski definition) is 3. The fourth-order valence-electron chi connectivity index (χ4n) is 3.77. The van der Waals surface area contributed by atoms with Crippen molar-refractivity contribution in [3.63, 3.8) is 0 Å². The van der Waals surface area contributed by atoms with Crippen molar-refractivity contribution in [2.24, 2.45) is 0 Å². The lowest BCUT2D eigenvalue weighted by Gasteiger charge is -2.06. The molecule has 5 nitrogen and oxygen atoms in total. The van der Waals surface area contributed by atoms with Crippen LogP contribution in [0.5, 0.6) is 0 Å². The van der Waals surface area contributed by atoms with Gasteiger partial charge in [0.15, 0.2) is 0 Å². The van der Waals surface area contributed by atoms with Gasteiger partial charge in [-0.2, -0.15) is 0 Å². The van der Waals surface area contributed by atoms with Gasteiger partial charge in [0.05, 0.1) is 6.61 Å². The van der Waals surface area contributed by atoms with Crippen LogP contribution in [0.1, 0.15) is 96.5 Å². The summed E-state index contributed by atoms with van der Waals surface area (Å²) in [6.45, 7) is 16.1. The van der Waals surface area contributed by atoms with E-state index in [-0.39, 0.29) is 21.8 Å². The van der Waals surface area contributed by atoms with Crippen LogP contribution in [0.4, 0.5) is 0 Å². The van der Waals surface area contributed by atoms with E-state index in [1.165, 1.54) is 11.1 Å². The van der Waals surface area contributed by atoms with Gasteiger partial charge < -0.3 is 19.7 Å². The van der Waals surface area contributed by atoms with E-state index < -0.39 is 14.0 Å². The molecular formula is C31H50B3NO4. The molecule has 0 atom stereocenters. The summed E-state index contributed by atoms with van der Waals surface area (Å²) in [6.07, 6.45) is 1.74. The van der Waals surface area contributed by atoms with Crippen molar-refractivity contribution in [1.82, 2.24) is 4.98 Å². The van der Waals surface area contributed by atoms with E-state index in [0.29, 0.717) is 24.4 Å².